The van der Waals surface area contributed by atoms with Crippen LogP contribution in [0.15, 0.2) is 22.7 Å². The van der Waals surface area contributed by atoms with E-state index in [0.29, 0.717) is 0 Å². The van der Waals surface area contributed by atoms with Gasteiger partial charge in [-0.3, -0.25) is 0 Å². The van der Waals surface area contributed by atoms with Crippen LogP contribution in [0, 0.1) is 11.8 Å². The molecular formula is C18H29BrN2. The lowest BCUT2D eigenvalue weighted by Crippen LogP contribution is -2.40. The molecule has 3 heteroatoms. The molecule has 118 valence electrons. The third-order valence-corrected chi connectivity index (χ3v) is 4.55. The van der Waals surface area contributed by atoms with E-state index in [1.165, 1.54) is 30.8 Å². The maximum absolute atomic E-state index is 3.62. The quantitative estimate of drug-likeness (QED) is 0.838. The first-order chi connectivity index (χ1) is 9.74. The Balaban J connectivity index is 2.21. The molecule has 1 fully saturated rings. The molecule has 1 aromatic carbocycles. The van der Waals surface area contributed by atoms with Crippen molar-refractivity contribution in [2.45, 2.75) is 53.1 Å². The van der Waals surface area contributed by atoms with E-state index in [2.05, 4.69) is 79.0 Å². The molecule has 1 aliphatic rings. The highest BCUT2D eigenvalue weighted by atomic mass is 79.9. The summed E-state index contributed by atoms with van der Waals surface area (Å²) in [7, 11) is 0. The van der Waals surface area contributed by atoms with Crippen LogP contribution in [0.3, 0.4) is 0 Å². The molecule has 21 heavy (non-hydrogen) atoms. The van der Waals surface area contributed by atoms with E-state index in [0.717, 1.165) is 22.9 Å². The summed E-state index contributed by atoms with van der Waals surface area (Å²) in [5.41, 5.74) is 2.93. The lowest BCUT2D eigenvalue weighted by molar-refractivity contribution is 0.355. The van der Waals surface area contributed by atoms with Crippen molar-refractivity contribution < 1.29 is 0 Å². The second-order valence-electron chi connectivity index (χ2n) is 7.73. The summed E-state index contributed by atoms with van der Waals surface area (Å²) in [6.45, 7) is 14.7. The number of halogens is 1. The minimum atomic E-state index is 0.141. The molecule has 0 aromatic heterocycles. The lowest BCUT2D eigenvalue weighted by Gasteiger charge is -2.38. The smallest absolute Gasteiger partial charge is 0.0412 e. The van der Waals surface area contributed by atoms with Gasteiger partial charge in [0.1, 0.15) is 0 Å². The molecule has 0 spiro atoms. The van der Waals surface area contributed by atoms with Gasteiger partial charge in [0, 0.05) is 35.3 Å². The fraction of sp³-hybridized carbons (Fsp3) is 0.667. The van der Waals surface area contributed by atoms with E-state index in [4.69, 9.17) is 0 Å². The zero-order valence-corrected chi connectivity index (χ0v) is 15.6. The number of hydrogen-bond donors (Lipinski definition) is 1. The van der Waals surface area contributed by atoms with Gasteiger partial charge in [-0.15, -0.1) is 0 Å². The molecule has 2 rings (SSSR count). The Kier molecular flexibility index (Phi) is 5.37. The highest BCUT2D eigenvalue weighted by molar-refractivity contribution is 9.10. The minimum Gasteiger partial charge on any atom is -0.371 e. The number of hydrogen-bond acceptors (Lipinski definition) is 2. The summed E-state index contributed by atoms with van der Waals surface area (Å²) in [5, 5.41) is 3.62. The van der Waals surface area contributed by atoms with Gasteiger partial charge in [-0.05, 0) is 62.8 Å². The molecule has 1 aliphatic heterocycles. The Bertz CT molecular complexity index is 469. The fourth-order valence-corrected chi connectivity index (χ4v) is 3.63. The maximum Gasteiger partial charge on any atom is 0.0412 e. The zero-order valence-electron chi connectivity index (χ0n) is 14.0. The molecule has 0 bridgehead atoms. The van der Waals surface area contributed by atoms with Crippen LogP contribution in [0.4, 0.5) is 5.69 Å². The average molecular weight is 353 g/mol. The summed E-state index contributed by atoms with van der Waals surface area (Å²) in [5.74, 6) is 1.56. The van der Waals surface area contributed by atoms with Gasteiger partial charge in [-0.25, -0.2) is 0 Å². The SMILES string of the molecule is CC1CC(C)CN(c2ccc(Br)cc2CNC(C)(C)C)C1. The molecule has 0 saturated carbocycles. The highest BCUT2D eigenvalue weighted by Gasteiger charge is 2.23. The van der Waals surface area contributed by atoms with Crippen molar-refractivity contribution in [2.24, 2.45) is 11.8 Å². The van der Waals surface area contributed by atoms with Gasteiger partial charge in [-0.1, -0.05) is 29.8 Å². The Morgan fingerprint density at radius 2 is 1.81 bits per heavy atom. The summed E-state index contributed by atoms with van der Waals surface area (Å²) >= 11 is 3.62. The second kappa shape index (κ2) is 6.70. The zero-order chi connectivity index (χ0) is 15.6. The molecule has 0 aliphatic carbocycles. The first-order valence-electron chi connectivity index (χ1n) is 8.03. The number of nitrogens with one attached hydrogen (secondary N) is 1. The summed E-state index contributed by atoms with van der Waals surface area (Å²) < 4.78 is 1.16. The van der Waals surface area contributed by atoms with Crippen molar-refractivity contribution in [1.82, 2.24) is 5.32 Å². The van der Waals surface area contributed by atoms with Crippen molar-refractivity contribution in [3.8, 4) is 0 Å². The molecular weight excluding hydrogens is 324 g/mol. The number of anilines is 1. The van der Waals surface area contributed by atoms with Gasteiger partial charge in [0.15, 0.2) is 0 Å². The predicted molar refractivity (Wildman–Crippen MR) is 95.9 cm³/mol. The second-order valence-corrected chi connectivity index (χ2v) is 8.64. The van der Waals surface area contributed by atoms with Crippen molar-refractivity contribution in [2.75, 3.05) is 18.0 Å². The van der Waals surface area contributed by atoms with Crippen LogP contribution in [0.2, 0.25) is 0 Å². The summed E-state index contributed by atoms with van der Waals surface area (Å²) in [6, 6.07) is 6.70. The molecule has 1 heterocycles. The van der Waals surface area contributed by atoms with Crippen molar-refractivity contribution in [3.05, 3.63) is 28.2 Å². The Hall–Kier alpha value is -0.540. The average Bonchev–Trinajstić information content (AvgIpc) is 2.34. The third-order valence-electron chi connectivity index (χ3n) is 4.06. The summed E-state index contributed by atoms with van der Waals surface area (Å²) in [4.78, 5) is 2.57. The number of piperidine rings is 1. The highest BCUT2D eigenvalue weighted by Crippen LogP contribution is 2.30. The number of benzene rings is 1. The molecule has 1 aromatic rings. The van der Waals surface area contributed by atoms with Crippen LogP contribution in [-0.2, 0) is 6.54 Å². The molecule has 2 atom stereocenters. The van der Waals surface area contributed by atoms with Crippen LogP contribution in [-0.4, -0.2) is 18.6 Å². The van der Waals surface area contributed by atoms with Gasteiger partial charge < -0.3 is 10.2 Å². The first-order valence-corrected chi connectivity index (χ1v) is 8.82. The monoisotopic (exact) mass is 352 g/mol. The number of rotatable bonds is 3. The normalized spacial score (nSPS) is 23.4. The molecule has 1 saturated heterocycles. The fourth-order valence-electron chi connectivity index (χ4n) is 3.22. The van der Waals surface area contributed by atoms with E-state index >= 15 is 0 Å². The Morgan fingerprint density at radius 1 is 1.19 bits per heavy atom. The Labute approximate surface area is 138 Å². The van der Waals surface area contributed by atoms with Crippen molar-refractivity contribution in [1.29, 1.82) is 0 Å². The van der Waals surface area contributed by atoms with E-state index in [1.54, 1.807) is 0 Å². The molecule has 1 N–H and O–H groups in total. The molecule has 0 radical (unpaired) electrons. The topological polar surface area (TPSA) is 15.3 Å². The van der Waals surface area contributed by atoms with Crippen LogP contribution < -0.4 is 10.2 Å². The summed E-state index contributed by atoms with van der Waals surface area (Å²) in [6.07, 6.45) is 1.35. The minimum absolute atomic E-state index is 0.141. The lowest BCUT2D eigenvalue weighted by atomic mass is 9.91. The van der Waals surface area contributed by atoms with Crippen LogP contribution in [0.25, 0.3) is 0 Å². The molecule has 2 nitrogen and oxygen atoms in total. The molecule has 2 unspecified atom stereocenters. The largest absolute Gasteiger partial charge is 0.371 e. The van der Waals surface area contributed by atoms with Gasteiger partial charge in [-0.2, -0.15) is 0 Å². The maximum atomic E-state index is 3.62. The Morgan fingerprint density at radius 3 is 2.38 bits per heavy atom. The number of nitrogens with zero attached hydrogens (tertiary/aromatic N) is 1. The standard InChI is InChI=1S/C18H29BrN2/c1-13-8-14(2)12-21(11-13)17-7-6-16(19)9-15(17)10-20-18(3,4)5/h6-7,9,13-14,20H,8,10-12H2,1-5H3. The van der Waals surface area contributed by atoms with Gasteiger partial charge in [0.05, 0.1) is 0 Å². The van der Waals surface area contributed by atoms with Crippen LogP contribution >= 0.6 is 15.9 Å². The van der Waals surface area contributed by atoms with Gasteiger partial charge in [0.25, 0.3) is 0 Å². The van der Waals surface area contributed by atoms with E-state index in [9.17, 15) is 0 Å². The van der Waals surface area contributed by atoms with Crippen molar-refractivity contribution in [3.63, 3.8) is 0 Å². The van der Waals surface area contributed by atoms with Crippen LogP contribution in [0.1, 0.15) is 46.6 Å². The molecule has 0 amide bonds. The third kappa shape index (κ3) is 5.00. The van der Waals surface area contributed by atoms with E-state index < -0.39 is 0 Å². The predicted octanol–water partition coefficient (Wildman–Crippen LogP) is 4.82. The van der Waals surface area contributed by atoms with Gasteiger partial charge in [0.2, 0.25) is 0 Å². The van der Waals surface area contributed by atoms with Crippen LogP contribution in [0.5, 0.6) is 0 Å². The van der Waals surface area contributed by atoms with E-state index in [1.807, 2.05) is 0 Å². The van der Waals surface area contributed by atoms with E-state index in [-0.39, 0.29) is 5.54 Å². The first kappa shape index (κ1) is 16.8. The van der Waals surface area contributed by atoms with Gasteiger partial charge >= 0.3 is 0 Å². The van der Waals surface area contributed by atoms with Crippen molar-refractivity contribution >= 4 is 21.6 Å².